The van der Waals surface area contributed by atoms with Gasteiger partial charge in [-0.05, 0) is 12.1 Å². The minimum absolute atomic E-state index is 0.529. The van der Waals surface area contributed by atoms with Crippen LogP contribution in [0.15, 0.2) is 18.2 Å². The smallest absolute Gasteiger partial charge is 0.411 e. The van der Waals surface area contributed by atoms with Crippen LogP contribution in [0.1, 0.15) is 0 Å². The van der Waals surface area contributed by atoms with Crippen molar-refractivity contribution in [2.24, 2.45) is 0 Å². The minimum atomic E-state index is 0.529. The molecule has 0 radical (unpaired) electrons. The Labute approximate surface area is 94.2 Å². The molecule has 0 amide bonds. The SMILES string of the molecule is COc1ccc(N2CCOCC2)c([N+]#N)c1. The Balaban J connectivity index is 2.29. The summed E-state index contributed by atoms with van der Waals surface area (Å²) in [6.07, 6.45) is 0. The van der Waals surface area contributed by atoms with E-state index in [1.54, 1.807) is 13.2 Å². The van der Waals surface area contributed by atoms with Gasteiger partial charge in [-0.15, -0.1) is 0 Å². The van der Waals surface area contributed by atoms with Gasteiger partial charge < -0.3 is 14.4 Å². The highest BCUT2D eigenvalue weighted by Crippen LogP contribution is 2.32. The monoisotopic (exact) mass is 220 g/mol. The van der Waals surface area contributed by atoms with Crippen molar-refractivity contribution in [1.29, 1.82) is 5.39 Å². The zero-order valence-corrected chi connectivity index (χ0v) is 9.22. The molecule has 1 fully saturated rings. The average Bonchev–Trinajstić information content (AvgIpc) is 2.39. The maximum atomic E-state index is 8.98. The molecule has 1 heterocycles. The Morgan fingerprint density at radius 1 is 1.38 bits per heavy atom. The normalized spacial score (nSPS) is 15.6. The van der Waals surface area contributed by atoms with E-state index in [1.807, 2.05) is 12.1 Å². The summed E-state index contributed by atoms with van der Waals surface area (Å²) >= 11 is 0. The topological polar surface area (TPSA) is 49.9 Å². The lowest BCUT2D eigenvalue weighted by atomic mass is 10.2. The van der Waals surface area contributed by atoms with E-state index in [4.69, 9.17) is 14.9 Å². The van der Waals surface area contributed by atoms with E-state index in [1.165, 1.54) is 0 Å². The molecule has 84 valence electrons. The lowest BCUT2D eigenvalue weighted by molar-refractivity contribution is 0.123. The zero-order valence-electron chi connectivity index (χ0n) is 9.22. The van der Waals surface area contributed by atoms with Crippen molar-refractivity contribution in [2.45, 2.75) is 0 Å². The Kier molecular flexibility index (Phi) is 3.22. The fourth-order valence-electron chi connectivity index (χ4n) is 1.78. The molecule has 1 aliphatic heterocycles. The van der Waals surface area contributed by atoms with Crippen molar-refractivity contribution in [3.63, 3.8) is 0 Å². The first kappa shape index (κ1) is 10.7. The molecule has 0 atom stereocenters. The molecule has 0 saturated carbocycles. The number of hydrogen-bond acceptors (Lipinski definition) is 4. The van der Waals surface area contributed by atoms with Crippen LogP contribution in [-0.4, -0.2) is 33.4 Å². The van der Waals surface area contributed by atoms with E-state index in [9.17, 15) is 0 Å². The molecular weight excluding hydrogens is 206 g/mol. The minimum Gasteiger partial charge on any atom is -0.496 e. The quantitative estimate of drug-likeness (QED) is 0.715. The van der Waals surface area contributed by atoms with Crippen molar-refractivity contribution >= 4 is 11.4 Å². The fourth-order valence-corrected chi connectivity index (χ4v) is 1.78. The van der Waals surface area contributed by atoms with E-state index in [0.29, 0.717) is 24.7 Å². The predicted octanol–water partition coefficient (Wildman–Crippen LogP) is 2.02. The highest BCUT2D eigenvalue weighted by molar-refractivity contribution is 5.72. The van der Waals surface area contributed by atoms with Crippen LogP contribution in [0.5, 0.6) is 5.75 Å². The van der Waals surface area contributed by atoms with Crippen molar-refractivity contribution in [2.75, 3.05) is 38.3 Å². The highest BCUT2D eigenvalue weighted by atomic mass is 16.5. The summed E-state index contributed by atoms with van der Waals surface area (Å²) < 4.78 is 10.4. The van der Waals surface area contributed by atoms with Gasteiger partial charge in [0.05, 0.1) is 26.4 Å². The summed E-state index contributed by atoms with van der Waals surface area (Å²) in [5.41, 5.74) is 1.44. The number of benzene rings is 1. The molecule has 1 aromatic carbocycles. The molecular formula is C11H14N3O2+. The van der Waals surface area contributed by atoms with E-state index in [-0.39, 0.29) is 0 Å². The summed E-state index contributed by atoms with van der Waals surface area (Å²) in [5, 5.41) is 8.98. The maximum absolute atomic E-state index is 8.98. The Morgan fingerprint density at radius 3 is 2.75 bits per heavy atom. The Bertz CT molecular complexity index is 408. The van der Waals surface area contributed by atoms with E-state index in [0.717, 1.165) is 18.8 Å². The molecule has 2 rings (SSSR count). The average molecular weight is 220 g/mol. The van der Waals surface area contributed by atoms with Crippen LogP contribution in [0.2, 0.25) is 0 Å². The summed E-state index contributed by atoms with van der Waals surface area (Å²) in [5.74, 6) is 0.685. The van der Waals surface area contributed by atoms with Gasteiger partial charge in [0.1, 0.15) is 11.4 Å². The van der Waals surface area contributed by atoms with E-state index >= 15 is 0 Å². The van der Waals surface area contributed by atoms with Gasteiger partial charge in [-0.3, -0.25) is 0 Å². The molecule has 1 aliphatic rings. The van der Waals surface area contributed by atoms with Crippen molar-refractivity contribution in [1.82, 2.24) is 0 Å². The molecule has 0 bridgehead atoms. The molecule has 5 heteroatoms. The largest absolute Gasteiger partial charge is 0.496 e. The molecule has 0 aromatic heterocycles. The first-order valence-corrected chi connectivity index (χ1v) is 5.21. The van der Waals surface area contributed by atoms with Gasteiger partial charge in [-0.2, -0.15) is 0 Å². The second-order valence-corrected chi connectivity index (χ2v) is 3.55. The molecule has 5 nitrogen and oxygen atoms in total. The third kappa shape index (κ3) is 2.07. The van der Waals surface area contributed by atoms with Gasteiger partial charge in [-0.25, -0.2) is 0 Å². The molecule has 1 saturated heterocycles. The number of hydrogen-bond donors (Lipinski definition) is 0. The standard InChI is InChI=1S/C11H14N3O2/c1-15-9-2-3-11(10(8-9)13-12)14-4-6-16-7-5-14/h2-3,8H,4-7H2,1H3/q+1. The first-order valence-electron chi connectivity index (χ1n) is 5.21. The highest BCUT2D eigenvalue weighted by Gasteiger charge is 2.22. The fraction of sp³-hybridized carbons (Fsp3) is 0.455. The third-order valence-electron chi connectivity index (χ3n) is 2.64. The Morgan fingerprint density at radius 2 is 2.12 bits per heavy atom. The number of anilines is 1. The Hall–Kier alpha value is -1.80. The van der Waals surface area contributed by atoms with Crippen molar-refractivity contribution < 1.29 is 9.47 Å². The number of methoxy groups -OCH3 is 1. The predicted molar refractivity (Wildman–Crippen MR) is 60.8 cm³/mol. The number of diazo groups is 1. The molecule has 0 N–H and O–H groups in total. The second kappa shape index (κ2) is 4.81. The van der Waals surface area contributed by atoms with Gasteiger partial charge in [0, 0.05) is 13.1 Å². The zero-order chi connectivity index (χ0) is 11.4. The number of rotatable bonds is 2. The summed E-state index contributed by atoms with van der Waals surface area (Å²) in [4.78, 5) is 5.43. The van der Waals surface area contributed by atoms with Gasteiger partial charge in [-0.1, -0.05) is 0 Å². The van der Waals surface area contributed by atoms with Crippen LogP contribution in [0.3, 0.4) is 0 Å². The van der Waals surface area contributed by atoms with Crippen molar-refractivity contribution in [3.05, 3.63) is 23.2 Å². The van der Waals surface area contributed by atoms with E-state index < -0.39 is 0 Å². The van der Waals surface area contributed by atoms with E-state index in [2.05, 4.69) is 9.88 Å². The lowest BCUT2D eigenvalue weighted by Gasteiger charge is -2.27. The lowest BCUT2D eigenvalue weighted by Crippen LogP contribution is -2.36. The van der Waals surface area contributed by atoms with Crippen LogP contribution in [-0.2, 0) is 4.74 Å². The van der Waals surface area contributed by atoms with Crippen LogP contribution in [0, 0.1) is 5.39 Å². The van der Waals surface area contributed by atoms with Gasteiger partial charge >= 0.3 is 5.69 Å². The summed E-state index contributed by atoms with van der Waals surface area (Å²) in [6, 6.07) is 5.48. The molecule has 0 unspecified atom stereocenters. The van der Waals surface area contributed by atoms with Gasteiger partial charge in [0.15, 0.2) is 4.98 Å². The molecule has 1 aromatic rings. The molecule has 16 heavy (non-hydrogen) atoms. The second-order valence-electron chi connectivity index (χ2n) is 3.55. The van der Waals surface area contributed by atoms with Crippen LogP contribution in [0.25, 0.3) is 4.98 Å². The van der Waals surface area contributed by atoms with Crippen LogP contribution >= 0.6 is 0 Å². The first-order chi connectivity index (χ1) is 7.85. The van der Waals surface area contributed by atoms with Crippen LogP contribution < -0.4 is 9.64 Å². The van der Waals surface area contributed by atoms with Gasteiger partial charge in [0.25, 0.3) is 0 Å². The third-order valence-corrected chi connectivity index (χ3v) is 2.64. The number of ether oxygens (including phenoxy) is 2. The van der Waals surface area contributed by atoms with Gasteiger partial charge in [0.2, 0.25) is 5.39 Å². The molecule has 0 spiro atoms. The van der Waals surface area contributed by atoms with Crippen LogP contribution in [0.4, 0.5) is 11.4 Å². The molecule has 0 aliphatic carbocycles. The summed E-state index contributed by atoms with van der Waals surface area (Å²) in [6.45, 7) is 3.04. The van der Waals surface area contributed by atoms with Crippen molar-refractivity contribution in [3.8, 4) is 5.75 Å². The number of morpholine rings is 1. The maximum Gasteiger partial charge on any atom is 0.411 e. The summed E-state index contributed by atoms with van der Waals surface area (Å²) in [7, 11) is 1.59. The number of nitrogens with zero attached hydrogens (tertiary/aromatic N) is 3.